The summed E-state index contributed by atoms with van der Waals surface area (Å²) in [5.74, 6) is 5.58. The molecule has 0 atom stereocenters. The molecule has 9 heteroatoms. The number of nitrogens with one attached hydrogen (secondary N) is 2. The number of pyridine rings is 1. The molecule has 1 aliphatic heterocycles. The van der Waals surface area contributed by atoms with Crippen LogP contribution in [0.3, 0.4) is 0 Å². The molecule has 0 aliphatic carbocycles. The molecule has 1 aliphatic rings. The molecule has 7 nitrogen and oxygen atoms in total. The van der Waals surface area contributed by atoms with E-state index in [1.165, 1.54) is 30.0 Å². The molecule has 1 fully saturated rings. The van der Waals surface area contributed by atoms with Crippen LogP contribution in [0.2, 0.25) is 0 Å². The van der Waals surface area contributed by atoms with Gasteiger partial charge in [-0.25, -0.2) is 8.78 Å². The first-order valence-corrected chi connectivity index (χ1v) is 12.4. The molecule has 3 heterocycles. The first-order chi connectivity index (χ1) is 18.4. The normalized spacial score (nSPS) is 14.4. The van der Waals surface area contributed by atoms with Gasteiger partial charge in [0.1, 0.15) is 5.69 Å². The SMILES string of the molecule is Cc1cc(NC(=O)c2cncc(C#Cc3[nH]nc4ccc(C(F)F)cc34)c2)ccc1CN1CCN(C)CC1. The van der Waals surface area contributed by atoms with Crippen LogP contribution in [0.25, 0.3) is 10.9 Å². The minimum Gasteiger partial charge on any atom is -0.322 e. The van der Waals surface area contributed by atoms with Crippen molar-refractivity contribution in [2.75, 3.05) is 38.5 Å². The lowest BCUT2D eigenvalue weighted by atomic mass is 10.1. The lowest BCUT2D eigenvalue weighted by Crippen LogP contribution is -2.43. The lowest BCUT2D eigenvalue weighted by molar-refractivity contribution is 0.102. The fourth-order valence-corrected chi connectivity index (χ4v) is 4.43. The molecule has 0 unspecified atom stereocenters. The first-order valence-electron chi connectivity index (χ1n) is 12.4. The summed E-state index contributed by atoms with van der Waals surface area (Å²) in [7, 11) is 2.15. The third kappa shape index (κ3) is 5.88. The number of halogens is 2. The Morgan fingerprint density at radius 2 is 1.89 bits per heavy atom. The first kappa shape index (κ1) is 25.5. The number of hydrogen-bond acceptors (Lipinski definition) is 5. The number of alkyl halides is 2. The highest BCUT2D eigenvalue weighted by atomic mass is 19.3. The maximum absolute atomic E-state index is 13.1. The van der Waals surface area contributed by atoms with Crippen molar-refractivity contribution in [1.29, 1.82) is 0 Å². The Balaban J connectivity index is 1.27. The van der Waals surface area contributed by atoms with E-state index in [1.54, 1.807) is 12.3 Å². The van der Waals surface area contributed by atoms with Crippen molar-refractivity contribution in [2.45, 2.75) is 19.9 Å². The highest BCUT2D eigenvalue weighted by Crippen LogP contribution is 2.24. The molecule has 1 amide bonds. The van der Waals surface area contributed by atoms with Crippen molar-refractivity contribution in [1.82, 2.24) is 25.0 Å². The number of aromatic amines is 1. The minimum absolute atomic E-state index is 0.0927. The summed E-state index contributed by atoms with van der Waals surface area (Å²) >= 11 is 0. The van der Waals surface area contributed by atoms with Crippen molar-refractivity contribution in [3.63, 3.8) is 0 Å². The van der Waals surface area contributed by atoms with Crippen LogP contribution in [0.15, 0.2) is 54.9 Å². The number of amides is 1. The number of piperazine rings is 1. The second kappa shape index (κ2) is 11.1. The van der Waals surface area contributed by atoms with Gasteiger partial charge in [0, 0.05) is 67.3 Å². The summed E-state index contributed by atoms with van der Waals surface area (Å²) in [6, 6.07) is 11.9. The van der Waals surface area contributed by atoms with E-state index < -0.39 is 6.43 Å². The van der Waals surface area contributed by atoms with E-state index in [9.17, 15) is 13.6 Å². The van der Waals surface area contributed by atoms with Crippen LogP contribution >= 0.6 is 0 Å². The number of rotatable bonds is 5. The summed E-state index contributed by atoms with van der Waals surface area (Å²) < 4.78 is 26.2. The molecule has 0 bridgehead atoms. The quantitative estimate of drug-likeness (QED) is 0.381. The van der Waals surface area contributed by atoms with Crippen LogP contribution < -0.4 is 5.32 Å². The zero-order chi connectivity index (χ0) is 26.6. The van der Waals surface area contributed by atoms with Crippen LogP contribution in [0.1, 0.15) is 44.7 Å². The fourth-order valence-electron chi connectivity index (χ4n) is 4.43. The Hall–Kier alpha value is -4.13. The van der Waals surface area contributed by atoms with Gasteiger partial charge in [0.05, 0.1) is 11.1 Å². The number of benzene rings is 2. The number of H-pyrrole nitrogens is 1. The number of fused-ring (bicyclic) bond motifs is 1. The summed E-state index contributed by atoms with van der Waals surface area (Å²) in [5.41, 5.74) is 4.85. The zero-order valence-electron chi connectivity index (χ0n) is 21.3. The van der Waals surface area contributed by atoms with Crippen LogP contribution in [-0.4, -0.2) is 64.1 Å². The van der Waals surface area contributed by atoms with Crippen LogP contribution in [0.5, 0.6) is 0 Å². The van der Waals surface area contributed by atoms with Gasteiger partial charge in [-0.15, -0.1) is 0 Å². The van der Waals surface area contributed by atoms with Gasteiger partial charge in [0.15, 0.2) is 0 Å². The second-order valence-corrected chi connectivity index (χ2v) is 9.56. The van der Waals surface area contributed by atoms with E-state index in [1.807, 2.05) is 12.1 Å². The van der Waals surface area contributed by atoms with Crippen molar-refractivity contribution >= 4 is 22.5 Å². The smallest absolute Gasteiger partial charge is 0.263 e. The van der Waals surface area contributed by atoms with E-state index in [4.69, 9.17) is 0 Å². The number of hydrogen-bond donors (Lipinski definition) is 2. The van der Waals surface area contributed by atoms with Gasteiger partial charge < -0.3 is 10.2 Å². The molecule has 0 spiro atoms. The summed E-state index contributed by atoms with van der Waals surface area (Å²) in [4.78, 5) is 21.9. The molecule has 2 N–H and O–H groups in total. The molecule has 5 rings (SSSR count). The topological polar surface area (TPSA) is 77.1 Å². The van der Waals surface area contributed by atoms with Gasteiger partial charge in [-0.1, -0.05) is 18.1 Å². The predicted molar refractivity (Wildman–Crippen MR) is 143 cm³/mol. The molecule has 2 aromatic heterocycles. The molecular weight excluding hydrogens is 486 g/mol. The van der Waals surface area contributed by atoms with Crippen LogP contribution in [0, 0.1) is 18.8 Å². The number of anilines is 1. The third-order valence-corrected chi connectivity index (χ3v) is 6.75. The summed E-state index contributed by atoms with van der Waals surface area (Å²) in [6.07, 6.45) is 0.450. The molecule has 2 aromatic carbocycles. The van der Waals surface area contributed by atoms with Gasteiger partial charge in [0.25, 0.3) is 12.3 Å². The van der Waals surface area contributed by atoms with Crippen LogP contribution in [0.4, 0.5) is 14.5 Å². The van der Waals surface area contributed by atoms with E-state index in [2.05, 4.69) is 62.2 Å². The maximum atomic E-state index is 13.1. The number of carbonyl (C=O) groups excluding carboxylic acids is 1. The molecule has 0 saturated carbocycles. The van der Waals surface area contributed by atoms with Crippen molar-refractivity contribution in [2.24, 2.45) is 0 Å². The second-order valence-electron chi connectivity index (χ2n) is 9.56. The van der Waals surface area contributed by atoms with Crippen molar-refractivity contribution < 1.29 is 13.6 Å². The molecule has 1 saturated heterocycles. The van der Waals surface area contributed by atoms with Gasteiger partial charge in [0.2, 0.25) is 0 Å². The predicted octanol–water partition coefficient (Wildman–Crippen LogP) is 4.60. The van der Waals surface area contributed by atoms with E-state index in [0.717, 1.165) is 38.3 Å². The average Bonchev–Trinajstić information content (AvgIpc) is 3.32. The van der Waals surface area contributed by atoms with Gasteiger partial charge in [-0.2, -0.15) is 5.10 Å². The summed E-state index contributed by atoms with van der Waals surface area (Å²) in [5, 5.41) is 10.4. The molecule has 194 valence electrons. The lowest BCUT2D eigenvalue weighted by Gasteiger charge is -2.32. The van der Waals surface area contributed by atoms with Crippen molar-refractivity contribution in [3.05, 3.63) is 88.4 Å². The van der Waals surface area contributed by atoms with E-state index >= 15 is 0 Å². The van der Waals surface area contributed by atoms with Crippen LogP contribution in [-0.2, 0) is 6.54 Å². The number of likely N-dealkylation sites (N-methyl/N-ethyl adjacent to an activating group) is 1. The Morgan fingerprint density at radius 1 is 1.08 bits per heavy atom. The number of aromatic nitrogens is 3. The number of aryl methyl sites for hydroxylation is 1. The molecule has 4 aromatic rings. The van der Waals surface area contributed by atoms with Gasteiger partial charge in [-0.05, 0) is 61.4 Å². The Morgan fingerprint density at radius 3 is 2.66 bits per heavy atom. The minimum atomic E-state index is -2.58. The van der Waals surface area contributed by atoms with Crippen molar-refractivity contribution in [3.8, 4) is 11.8 Å². The Labute approximate surface area is 219 Å². The monoisotopic (exact) mass is 514 g/mol. The van der Waals surface area contributed by atoms with Gasteiger partial charge in [-0.3, -0.25) is 19.8 Å². The highest BCUT2D eigenvalue weighted by molar-refractivity contribution is 6.04. The highest BCUT2D eigenvalue weighted by Gasteiger charge is 2.15. The van der Waals surface area contributed by atoms with Gasteiger partial charge >= 0.3 is 0 Å². The standard InChI is InChI=1S/C29H28F2N6O/c1-19-13-24(6-4-22(19)18-37-11-9-36(2)10-12-37)33-29(38)23-14-20(16-32-17-23)3-7-26-25-15-21(28(30)31)5-8-27(25)35-34-26/h4-6,8,13-17,28H,9-12,18H2,1-2H3,(H,33,38)(H,34,35). The average molecular weight is 515 g/mol. The molecule has 38 heavy (non-hydrogen) atoms. The third-order valence-electron chi connectivity index (χ3n) is 6.75. The largest absolute Gasteiger partial charge is 0.322 e. The Kier molecular flexibility index (Phi) is 7.45. The zero-order valence-corrected chi connectivity index (χ0v) is 21.3. The number of nitrogens with zero attached hydrogens (tertiary/aromatic N) is 4. The van der Waals surface area contributed by atoms with E-state index in [-0.39, 0.29) is 11.5 Å². The maximum Gasteiger partial charge on any atom is 0.263 e. The molecule has 0 radical (unpaired) electrons. The Bertz CT molecular complexity index is 1530. The van der Waals surface area contributed by atoms with E-state index in [0.29, 0.717) is 33.4 Å². The summed E-state index contributed by atoms with van der Waals surface area (Å²) in [6.45, 7) is 7.20. The fraction of sp³-hybridized carbons (Fsp3) is 0.276. The number of carbonyl (C=O) groups is 1. The molecular formula is C29H28F2N6O.